The van der Waals surface area contributed by atoms with E-state index in [1.165, 1.54) is 28.5 Å². The Morgan fingerprint density at radius 3 is 2.70 bits per heavy atom. The van der Waals surface area contributed by atoms with Gasteiger partial charge in [0.05, 0.1) is 0 Å². The lowest BCUT2D eigenvalue weighted by molar-refractivity contribution is 0.310. The Morgan fingerprint density at radius 1 is 1.35 bits per heavy atom. The smallest absolute Gasteiger partial charge is 0.252 e. The van der Waals surface area contributed by atoms with Crippen LogP contribution in [0.5, 0.6) is 0 Å². The van der Waals surface area contributed by atoms with Crippen molar-refractivity contribution in [2.45, 2.75) is 23.6 Å². The predicted molar refractivity (Wildman–Crippen MR) is 82.6 cm³/mol. The number of hydrogen-bond acceptors (Lipinski definition) is 5. The molecule has 7 heteroatoms. The van der Waals surface area contributed by atoms with Gasteiger partial charge in [-0.15, -0.1) is 11.3 Å². The van der Waals surface area contributed by atoms with E-state index in [1.54, 1.807) is 13.1 Å². The molecule has 0 spiro atoms. The topological polar surface area (TPSA) is 52.7 Å². The summed E-state index contributed by atoms with van der Waals surface area (Å²) in [5.41, 5.74) is 0. The van der Waals surface area contributed by atoms with Crippen LogP contribution >= 0.6 is 11.3 Å². The van der Waals surface area contributed by atoms with Crippen molar-refractivity contribution < 1.29 is 8.42 Å². The molecule has 1 fully saturated rings. The van der Waals surface area contributed by atoms with Gasteiger partial charge in [-0.25, -0.2) is 8.42 Å². The maximum absolute atomic E-state index is 12.5. The molecular weight excluding hydrogens is 294 g/mol. The molecule has 1 N–H and O–H groups in total. The Labute approximate surface area is 125 Å². The van der Waals surface area contributed by atoms with Crippen molar-refractivity contribution in [1.82, 2.24) is 14.5 Å². The van der Waals surface area contributed by atoms with E-state index in [-0.39, 0.29) is 0 Å². The maximum Gasteiger partial charge on any atom is 0.252 e. The minimum absolute atomic E-state index is 0.437. The van der Waals surface area contributed by atoms with Crippen LogP contribution in [0.3, 0.4) is 0 Å². The van der Waals surface area contributed by atoms with E-state index in [0.29, 0.717) is 17.3 Å². The van der Waals surface area contributed by atoms with Gasteiger partial charge in [0, 0.05) is 31.6 Å². The van der Waals surface area contributed by atoms with Crippen molar-refractivity contribution in [3.63, 3.8) is 0 Å². The number of likely N-dealkylation sites (N-methyl/N-ethyl adjacent to an activating group) is 1. The second kappa shape index (κ2) is 7.00. The average molecular weight is 317 g/mol. The quantitative estimate of drug-likeness (QED) is 0.820. The third-order valence-electron chi connectivity index (χ3n) is 3.58. The van der Waals surface area contributed by atoms with Crippen molar-refractivity contribution in [3.05, 3.63) is 17.0 Å². The summed E-state index contributed by atoms with van der Waals surface area (Å²) < 4.78 is 26.8. The van der Waals surface area contributed by atoms with E-state index in [0.717, 1.165) is 24.5 Å². The van der Waals surface area contributed by atoms with Crippen molar-refractivity contribution in [2.75, 3.05) is 40.3 Å². The number of likely N-dealkylation sites (tertiary alicyclic amines) is 1. The van der Waals surface area contributed by atoms with Gasteiger partial charge in [0.15, 0.2) is 0 Å². The van der Waals surface area contributed by atoms with Crippen molar-refractivity contribution in [2.24, 2.45) is 0 Å². The van der Waals surface area contributed by atoms with Gasteiger partial charge < -0.3 is 10.2 Å². The second-order valence-corrected chi connectivity index (χ2v) is 8.57. The second-order valence-electron chi connectivity index (χ2n) is 5.13. The van der Waals surface area contributed by atoms with Crippen LogP contribution < -0.4 is 5.32 Å². The van der Waals surface area contributed by atoms with Crippen LogP contribution in [0.1, 0.15) is 17.7 Å². The van der Waals surface area contributed by atoms with E-state index in [1.807, 2.05) is 13.1 Å². The summed E-state index contributed by atoms with van der Waals surface area (Å²) in [6.45, 7) is 4.28. The van der Waals surface area contributed by atoms with Gasteiger partial charge in [0.25, 0.3) is 10.0 Å². The number of nitrogens with one attached hydrogen (secondary N) is 1. The van der Waals surface area contributed by atoms with Gasteiger partial charge in [0.1, 0.15) is 4.21 Å². The molecule has 0 unspecified atom stereocenters. The van der Waals surface area contributed by atoms with E-state index in [9.17, 15) is 8.42 Å². The van der Waals surface area contributed by atoms with Gasteiger partial charge in [-0.05, 0) is 45.1 Å². The summed E-state index contributed by atoms with van der Waals surface area (Å²) in [5.74, 6) is 0. The fourth-order valence-corrected chi connectivity index (χ4v) is 5.07. The van der Waals surface area contributed by atoms with Crippen LogP contribution in [0.15, 0.2) is 16.3 Å². The highest BCUT2D eigenvalue weighted by atomic mass is 32.2. The van der Waals surface area contributed by atoms with Crippen LogP contribution in [-0.2, 0) is 16.6 Å². The molecule has 0 saturated carbocycles. The zero-order valence-electron chi connectivity index (χ0n) is 12.1. The molecule has 0 aliphatic carbocycles. The van der Waals surface area contributed by atoms with E-state index < -0.39 is 10.0 Å². The lowest BCUT2D eigenvalue weighted by Gasteiger charge is -2.20. The van der Waals surface area contributed by atoms with Crippen LogP contribution in [-0.4, -0.2) is 57.9 Å². The van der Waals surface area contributed by atoms with E-state index in [4.69, 9.17) is 0 Å². The molecule has 1 aliphatic rings. The summed E-state index contributed by atoms with van der Waals surface area (Å²) in [6, 6.07) is 3.58. The molecule has 0 bridgehead atoms. The highest BCUT2D eigenvalue weighted by Gasteiger charge is 2.23. The van der Waals surface area contributed by atoms with E-state index >= 15 is 0 Å². The van der Waals surface area contributed by atoms with Crippen molar-refractivity contribution >= 4 is 21.4 Å². The van der Waals surface area contributed by atoms with Crippen LogP contribution in [0, 0.1) is 0 Å². The molecule has 20 heavy (non-hydrogen) atoms. The normalized spacial score (nSPS) is 17.1. The Morgan fingerprint density at radius 2 is 2.05 bits per heavy atom. The van der Waals surface area contributed by atoms with E-state index in [2.05, 4.69) is 10.2 Å². The average Bonchev–Trinajstić information content (AvgIpc) is 3.07. The lowest BCUT2D eigenvalue weighted by Crippen LogP contribution is -2.34. The maximum atomic E-state index is 12.5. The summed E-state index contributed by atoms with van der Waals surface area (Å²) in [7, 11) is 0.196. The molecule has 2 rings (SSSR count). The minimum atomic E-state index is -3.33. The molecule has 2 heterocycles. The summed E-state index contributed by atoms with van der Waals surface area (Å²) in [5, 5.41) is 3.04. The molecule has 1 aliphatic heterocycles. The summed E-state index contributed by atoms with van der Waals surface area (Å²) in [6.07, 6.45) is 2.46. The fourth-order valence-electron chi connectivity index (χ4n) is 2.33. The van der Waals surface area contributed by atoms with Crippen molar-refractivity contribution in [1.29, 1.82) is 0 Å². The Hall–Kier alpha value is -0.470. The SMILES string of the molecule is CNCc1ccc(S(=O)(=O)N(C)CCN2CCCC2)s1. The fraction of sp³-hybridized carbons (Fsp3) is 0.692. The van der Waals surface area contributed by atoms with Gasteiger partial charge in [0.2, 0.25) is 0 Å². The van der Waals surface area contributed by atoms with Gasteiger partial charge in [-0.2, -0.15) is 4.31 Å². The first-order chi connectivity index (χ1) is 9.54. The van der Waals surface area contributed by atoms with Crippen molar-refractivity contribution in [3.8, 4) is 0 Å². The molecule has 5 nitrogen and oxygen atoms in total. The Kier molecular flexibility index (Phi) is 5.57. The zero-order chi connectivity index (χ0) is 14.6. The number of sulfonamides is 1. The molecule has 0 radical (unpaired) electrons. The largest absolute Gasteiger partial charge is 0.315 e. The Bertz CT molecular complexity index is 521. The molecular formula is C13H23N3O2S2. The summed E-state index contributed by atoms with van der Waals surface area (Å²) >= 11 is 1.35. The third-order valence-corrected chi connectivity index (χ3v) is 6.99. The number of thiophene rings is 1. The van der Waals surface area contributed by atoms with Gasteiger partial charge in [-0.1, -0.05) is 0 Å². The van der Waals surface area contributed by atoms with Gasteiger partial charge >= 0.3 is 0 Å². The molecule has 1 aromatic heterocycles. The number of rotatable bonds is 7. The highest BCUT2D eigenvalue weighted by Crippen LogP contribution is 2.24. The van der Waals surface area contributed by atoms with Crippen LogP contribution in [0.4, 0.5) is 0 Å². The first-order valence-electron chi connectivity index (χ1n) is 6.96. The molecule has 0 amide bonds. The predicted octanol–water partition coefficient (Wildman–Crippen LogP) is 1.18. The lowest BCUT2D eigenvalue weighted by atomic mass is 10.4. The standard InChI is InChI=1S/C13H23N3O2S2/c1-14-11-12-5-6-13(19-12)20(17,18)15(2)9-10-16-7-3-4-8-16/h5-6,14H,3-4,7-11H2,1-2H3. The summed E-state index contributed by atoms with van der Waals surface area (Å²) in [4.78, 5) is 3.37. The van der Waals surface area contributed by atoms with Crippen LogP contribution in [0.2, 0.25) is 0 Å². The first kappa shape index (κ1) is 15.9. The molecule has 1 saturated heterocycles. The molecule has 114 valence electrons. The van der Waals surface area contributed by atoms with Crippen LogP contribution in [0.25, 0.3) is 0 Å². The monoisotopic (exact) mass is 317 g/mol. The van der Waals surface area contributed by atoms with Gasteiger partial charge in [-0.3, -0.25) is 0 Å². The molecule has 0 atom stereocenters. The number of nitrogens with zero attached hydrogens (tertiary/aromatic N) is 2. The molecule has 1 aromatic rings. The first-order valence-corrected chi connectivity index (χ1v) is 9.21. The highest BCUT2D eigenvalue weighted by molar-refractivity contribution is 7.91. The third kappa shape index (κ3) is 3.79. The number of hydrogen-bond donors (Lipinski definition) is 1. The molecule has 0 aromatic carbocycles. The Balaban J connectivity index is 1.96. The minimum Gasteiger partial charge on any atom is -0.315 e. The zero-order valence-corrected chi connectivity index (χ0v) is 13.8.